The van der Waals surface area contributed by atoms with Crippen molar-refractivity contribution in [2.24, 2.45) is 11.8 Å². The summed E-state index contributed by atoms with van der Waals surface area (Å²) in [5.74, 6) is -2.61. The number of benzene rings is 2. The number of ether oxygens (including phenoxy) is 1. The summed E-state index contributed by atoms with van der Waals surface area (Å²) in [6.07, 6.45) is 3.17. The normalized spacial score (nSPS) is 19.0. The summed E-state index contributed by atoms with van der Waals surface area (Å²) in [7, 11) is 0. The zero-order valence-corrected chi connectivity index (χ0v) is 22.5. The van der Waals surface area contributed by atoms with Crippen molar-refractivity contribution in [3.05, 3.63) is 95.5 Å². The fourth-order valence-corrected chi connectivity index (χ4v) is 5.33. The number of cyclic esters (lactones) is 1. The van der Waals surface area contributed by atoms with Gasteiger partial charge in [-0.15, -0.1) is 0 Å². The number of aromatic nitrogens is 1. The number of rotatable bonds is 11. The summed E-state index contributed by atoms with van der Waals surface area (Å²) >= 11 is 0. The molecule has 1 unspecified atom stereocenters. The predicted molar refractivity (Wildman–Crippen MR) is 150 cm³/mol. The summed E-state index contributed by atoms with van der Waals surface area (Å²) in [6.45, 7) is 0.837. The third-order valence-electron chi connectivity index (χ3n) is 7.57. The Morgan fingerprint density at radius 3 is 2.51 bits per heavy atom. The Balaban J connectivity index is 1.36. The Morgan fingerprint density at radius 2 is 1.83 bits per heavy atom. The maximum absolute atomic E-state index is 13.7. The quantitative estimate of drug-likeness (QED) is 0.186. The van der Waals surface area contributed by atoms with E-state index in [1.807, 2.05) is 36.4 Å². The van der Waals surface area contributed by atoms with Crippen LogP contribution in [0.2, 0.25) is 0 Å². The third-order valence-corrected chi connectivity index (χ3v) is 7.57. The van der Waals surface area contributed by atoms with E-state index in [-0.39, 0.29) is 43.0 Å². The van der Waals surface area contributed by atoms with E-state index in [0.29, 0.717) is 42.6 Å². The smallest absolute Gasteiger partial charge is 0.333 e. The molecule has 1 aromatic heterocycles. The molecule has 2 aliphatic heterocycles. The molecule has 2 aromatic carbocycles. The van der Waals surface area contributed by atoms with Crippen LogP contribution in [-0.2, 0) is 25.5 Å². The molecule has 3 N–H and O–H groups in total. The van der Waals surface area contributed by atoms with Gasteiger partial charge in [-0.3, -0.25) is 14.4 Å². The van der Waals surface area contributed by atoms with E-state index >= 15 is 0 Å². The second kappa shape index (κ2) is 12.8. The largest absolute Gasteiger partial charge is 0.462 e. The molecule has 2 saturated heterocycles. The third kappa shape index (κ3) is 7.16. The van der Waals surface area contributed by atoms with E-state index in [0.717, 1.165) is 11.3 Å². The molecule has 212 valence electrons. The lowest BCUT2D eigenvalue weighted by atomic mass is 9.91. The van der Waals surface area contributed by atoms with Gasteiger partial charge in [0.15, 0.2) is 5.78 Å². The van der Waals surface area contributed by atoms with Gasteiger partial charge in [0.1, 0.15) is 5.82 Å². The van der Waals surface area contributed by atoms with Crippen molar-refractivity contribution in [2.45, 2.75) is 38.1 Å². The number of ketones is 1. The molecule has 3 heterocycles. The first-order valence-corrected chi connectivity index (χ1v) is 13.8. The van der Waals surface area contributed by atoms with E-state index in [1.165, 1.54) is 12.1 Å². The number of halogens is 1. The number of hydrogen-bond acceptors (Lipinski definition) is 5. The SMILES string of the molecule is O=C1OCC/C1=C\[C@H](C[C@@H]1CCNC1=O)NC(=O)C(CC(=O)c1ccc(-c2ccccc2)[nH]1)Cc1ccc(F)cc1. The first-order chi connectivity index (χ1) is 19.9. The van der Waals surface area contributed by atoms with Crippen LogP contribution in [0.1, 0.15) is 41.7 Å². The number of carbonyl (C=O) groups excluding carboxylic acids is 4. The minimum atomic E-state index is -0.773. The van der Waals surface area contributed by atoms with Crippen LogP contribution in [0.3, 0.4) is 0 Å². The molecule has 3 atom stereocenters. The Kier molecular flexibility index (Phi) is 8.72. The number of Topliss-reactive ketones (excluding diaryl/α,β-unsaturated/α-hetero) is 1. The molecular formula is C32H32FN3O5. The minimum absolute atomic E-state index is 0.0874. The maximum atomic E-state index is 13.7. The highest BCUT2D eigenvalue weighted by molar-refractivity contribution is 5.98. The molecule has 2 amide bonds. The number of aromatic amines is 1. The molecular weight excluding hydrogens is 525 g/mol. The number of amides is 2. The van der Waals surface area contributed by atoms with Crippen molar-refractivity contribution in [2.75, 3.05) is 13.2 Å². The monoisotopic (exact) mass is 557 g/mol. The lowest BCUT2D eigenvalue weighted by Gasteiger charge is -2.22. The second-order valence-corrected chi connectivity index (χ2v) is 10.5. The molecule has 0 radical (unpaired) electrons. The molecule has 9 heteroatoms. The van der Waals surface area contributed by atoms with Crippen molar-refractivity contribution < 1.29 is 28.3 Å². The number of H-pyrrole nitrogens is 1. The van der Waals surface area contributed by atoms with Crippen LogP contribution >= 0.6 is 0 Å². The van der Waals surface area contributed by atoms with Gasteiger partial charge in [0.25, 0.3) is 0 Å². The van der Waals surface area contributed by atoms with Gasteiger partial charge in [-0.1, -0.05) is 48.5 Å². The summed E-state index contributed by atoms with van der Waals surface area (Å²) in [4.78, 5) is 54.7. The maximum Gasteiger partial charge on any atom is 0.333 e. The average molecular weight is 558 g/mol. The molecule has 0 spiro atoms. The van der Waals surface area contributed by atoms with Gasteiger partial charge in [-0.25, -0.2) is 9.18 Å². The van der Waals surface area contributed by atoms with E-state index in [2.05, 4.69) is 15.6 Å². The standard InChI is InChI=1S/C32H32FN3O5/c33-25-8-6-20(7-9-25)16-24(19-29(37)28-11-10-27(36-28)21-4-2-1-3-5-21)31(39)35-26(17-22-12-14-34-30(22)38)18-23-13-15-41-32(23)40/h1-11,18,22,24,26,36H,12-17,19H2,(H,34,38)(H,35,39)/b23-18+/t22-,24?,26-/m0/s1. The van der Waals surface area contributed by atoms with E-state index in [4.69, 9.17) is 4.74 Å². The summed E-state index contributed by atoms with van der Waals surface area (Å²) in [5.41, 5.74) is 3.28. The molecule has 8 nitrogen and oxygen atoms in total. The highest BCUT2D eigenvalue weighted by Crippen LogP contribution is 2.24. The van der Waals surface area contributed by atoms with Gasteiger partial charge in [-0.2, -0.15) is 0 Å². The van der Waals surface area contributed by atoms with Crippen LogP contribution in [0.4, 0.5) is 4.39 Å². The first-order valence-electron chi connectivity index (χ1n) is 13.8. The Labute approximate surface area is 237 Å². The molecule has 41 heavy (non-hydrogen) atoms. The lowest BCUT2D eigenvalue weighted by molar-refractivity contribution is -0.135. The molecule has 0 aliphatic carbocycles. The van der Waals surface area contributed by atoms with Crippen molar-refractivity contribution in [1.29, 1.82) is 0 Å². The van der Waals surface area contributed by atoms with Crippen LogP contribution in [0.25, 0.3) is 11.3 Å². The van der Waals surface area contributed by atoms with Gasteiger partial charge >= 0.3 is 5.97 Å². The van der Waals surface area contributed by atoms with Gasteiger partial charge < -0.3 is 20.4 Å². The van der Waals surface area contributed by atoms with Gasteiger partial charge in [0, 0.05) is 48.5 Å². The highest BCUT2D eigenvalue weighted by Gasteiger charge is 2.31. The van der Waals surface area contributed by atoms with Crippen LogP contribution in [0, 0.1) is 17.7 Å². The minimum Gasteiger partial charge on any atom is -0.462 e. The number of hydrogen-bond donors (Lipinski definition) is 3. The van der Waals surface area contributed by atoms with E-state index in [9.17, 15) is 23.6 Å². The van der Waals surface area contributed by atoms with Crippen LogP contribution < -0.4 is 10.6 Å². The van der Waals surface area contributed by atoms with Crippen LogP contribution in [0.5, 0.6) is 0 Å². The lowest BCUT2D eigenvalue weighted by Crippen LogP contribution is -2.41. The second-order valence-electron chi connectivity index (χ2n) is 10.5. The average Bonchev–Trinajstić information content (AvgIpc) is 3.72. The highest BCUT2D eigenvalue weighted by atomic mass is 19.1. The Morgan fingerprint density at radius 1 is 1.05 bits per heavy atom. The molecule has 0 bridgehead atoms. The fourth-order valence-electron chi connectivity index (χ4n) is 5.33. The van der Waals surface area contributed by atoms with Crippen LogP contribution in [0.15, 0.2) is 78.4 Å². The van der Waals surface area contributed by atoms with E-state index < -0.39 is 23.7 Å². The predicted octanol–water partition coefficient (Wildman–Crippen LogP) is 4.14. The summed E-state index contributed by atoms with van der Waals surface area (Å²) < 4.78 is 18.6. The van der Waals surface area contributed by atoms with Crippen molar-refractivity contribution in [3.8, 4) is 11.3 Å². The van der Waals surface area contributed by atoms with Crippen molar-refractivity contribution in [1.82, 2.24) is 15.6 Å². The Bertz CT molecular complexity index is 1450. The fraction of sp³-hybridized carbons (Fsp3) is 0.312. The van der Waals surface area contributed by atoms with Gasteiger partial charge in [0.05, 0.1) is 12.3 Å². The van der Waals surface area contributed by atoms with Crippen molar-refractivity contribution in [3.63, 3.8) is 0 Å². The number of nitrogens with one attached hydrogen (secondary N) is 3. The molecule has 3 aromatic rings. The molecule has 2 aliphatic rings. The number of esters is 1. The van der Waals surface area contributed by atoms with E-state index in [1.54, 1.807) is 24.3 Å². The molecule has 2 fully saturated rings. The summed E-state index contributed by atoms with van der Waals surface area (Å²) in [5, 5.41) is 5.80. The molecule has 0 saturated carbocycles. The zero-order valence-electron chi connectivity index (χ0n) is 22.5. The van der Waals surface area contributed by atoms with Crippen LogP contribution in [-0.4, -0.2) is 47.7 Å². The van der Waals surface area contributed by atoms with Crippen molar-refractivity contribution >= 4 is 23.6 Å². The summed E-state index contributed by atoms with van der Waals surface area (Å²) in [6, 6.07) is 18.4. The molecule has 5 rings (SSSR count). The first kappa shape index (κ1) is 28.0. The van der Waals surface area contributed by atoms with Gasteiger partial charge in [-0.05, 0) is 54.7 Å². The number of carbonyl (C=O) groups is 4. The zero-order chi connectivity index (χ0) is 28.8. The Hall–Kier alpha value is -4.53. The topological polar surface area (TPSA) is 117 Å². The van der Waals surface area contributed by atoms with Gasteiger partial charge in [0.2, 0.25) is 11.8 Å².